The fraction of sp³-hybridized carbons (Fsp3) is 0.632. The number of halogens is 4. The number of alkyl halides is 3. The highest BCUT2D eigenvalue weighted by atomic mass is 19.4. The summed E-state index contributed by atoms with van der Waals surface area (Å²) >= 11 is 0. The van der Waals surface area contributed by atoms with Crippen LogP contribution in [-0.2, 0) is 17.5 Å². The molecule has 1 amide bonds. The Kier molecular flexibility index (Phi) is 5.03. The van der Waals surface area contributed by atoms with Crippen molar-refractivity contribution in [3.63, 3.8) is 0 Å². The van der Waals surface area contributed by atoms with E-state index in [2.05, 4.69) is 0 Å². The normalized spacial score (nSPS) is 24.9. The Balaban J connectivity index is 1.90. The van der Waals surface area contributed by atoms with E-state index in [1.807, 2.05) is 23.6 Å². The van der Waals surface area contributed by atoms with E-state index in [1.54, 1.807) is 0 Å². The van der Waals surface area contributed by atoms with Crippen LogP contribution >= 0.6 is 0 Å². The van der Waals surface area contributed by atoms with Crippen molar-refractivity contribution >= 4 is 5.91 Å². The minimum Gasteiger partial charge on any atom is -0.339 e. The molecule has 26 heavy (non-hydrogen) atoms. The standard InChI is InChI=1S/C19H24F4N2O/c1-13(2)25-11-5-9-18(17(25)26)8-4-10-24(18)12-14-6-3-7-15(16(14)20)19(21,22)23/h3,6-7,13H,4-5,8-12H2,1-2H3. The fourth-order valence-corrected chi connectivity index (χ4v) is 4.33. The van der Waals surface area contributed by atoms with Gasteiger partial charge in [-0.2, -0.15) is 13.2 Å². The number of piperidine rings is 1. The van der Waals surface area contributed by atoms with Crippen LogP contribution in [0.2, 0.25) is 0 Å². The van der Waals surface area contributed by atoms with Gasteiger partial charge < -0.3 is 4.90 Å². The molecule has 144 valence electrons. The highest BCUT2D eigenvalue weighted by molar-refractivity contribution is 5.87. The zero-order valence-corrected chi connectivity index (χ0v) is 15.1. The molecular formula is C19H24F4N2O. The van der Waals surface area contributed by atoms with Crippen LogP contribution in [0.1, 0.15) is 50.7 Å². The van der Waals surface area contributed by atoms with Crippen molar-refractivity contribution in [2.45, 2.75) is 63.8 Å². The minimum atomic E-state index is -4.72. The molecule has 2 heterocycles. The Morgan fingerprint density at radius 1 is 1.15 bits per heavy atom. The molecule has 1 spiro atoms. The fourth-order valence-electron chi connectivity index (χ4n) is 4.33. The third-order valence-corrected chi connectivity index (χ3v) is 5.64. The lowest BCUT2D eigenvalue weighted by Crippen LogP contribution is -2.61. The lowest BCUT2D eigenvalue weighted by molar-refractivity contribution is -0.150. The molecule has 2 fully saturated rings. The SMILES string of the molecule is CC(C)N1CCCC2(CCCN2Cc2cccc(C(F)(F)F)c2F)C1=O. The predicted molar refractivity (Wildman–Crippen MR) is 89.9 cm³/mol. The molecule has 0 bridgehead atoms. The van der Waals surface area contributed by atoms with Crippen molar-refractivity contribution in [1.82, 2.24) is 9.80 Å². The van der Waals surface area contributed by atoms with Gasteiger partial charge in [-0.15, -0.1) is 0 Å². The Morgan fingerprint density at radius 2 is 1.81 bits per heavy atom. The van der Waals surface area contributed by atoms with Crippen molar-refractivity contribution in [3.8, 4) is 0 Å². The smallest absolute Gasteiger partial charge is 0.339 e. The van der Waals surface area contributed by atoms with Crippen molar-refractivity contribution in [2.24, 2.45) is 0 Å². The Bertz CT molecular complexity index is 689. The van der Waals surface area contributed by atoms with Gasteiger partial charge in [0.05, 0.1) is 5.56 Å². The van der Waals surface area contributed by atoms with Gasteiger partial charge >= 0.3 is 6.18 Å². The summed E-state index contributed by atoms with van der Waals surface area (Å²) in [5, 5.41) is 0. The van der Waals surface area contributed by atoms with E-state index in [0.29, 0.717) is 25.9 Å². The van der Waals surface area contributed by atoms with Crippen LogP contribution in [0, 0.1) is 5.82 Å². The maximum absolute atomic E-state index is 14.4. The Labute approximate surface area is 151 Å². The zero-order valence-electron chi connectivity index (χ0n) is 15.1. The molecule has 0 aromatic heterocycles. The van der Waals surface area contributed by atoms with Crippen LogP contribution in [0.15, 0.2) is 18.2 Å². The predicted octanol–water partition coefficient (Wildman–Crippen LogP) is 4.21. The zero-order chi connectivity index (χ0) is 19.1. The van der Waals surface area contributed by atoms with Gasteiger partial charge in [-0.05, 0) is 52.1 Å². The maximum Gasteiger partial charge on any atom is 0.419 e. The third kappa shape index (κ3) is 3.21. The molecule has 0 aliphatic carbocycles. The highest BCUT2D eigenvalue weighted by Gasteiger charge is 2.51. The van der Waals surface area contributed by atoms with E-state index in [1.165, 1.54) is 12.1 Å². The van der Waals surface area contributed by atoms with Gasteiger partial charge in [-0.3, -0.25) is 9.69 Å². The first kappa shape index (κ1) is 19.1. The molecule has 2 aliphatic rings. The highest BCUT2D eigenvalue weighted by Crippen LogP contribution is 2.40. The summed E-state index contributed by atoms with van der Waals surface area (Å²) in [6.07, 6.45) is -1.73. The minimum absolute atomic E-state index is 0.00410. The van der Waals surface area contributed by atoms with Gasteiger partial charge in [0.1, 0.15) is 11.4 Å². The summed E-state index contributed by atoms with van der Waals surface area (Å²) in [4.78, 5) is 16.8. The van der Waals surface area contributed by atoms with Gasteiger partial charge in [0, 0.05) is 24.7 Å². The van der Waals surface area contributed by atoms with Gasteiger partial charge in [0.15, 0.2) is 0 Å². The summed E-state index contributed by atoms with van der Waals surface area (Å²) in [5.41, 5.74) is -1.96. The molecule has 1 aromatic rings. The van der Waals surface area contributed by atoms with E-state index in [4.69, 9.17) is 0 Å². The summed E-state index contributed by atoms with van der Waals surface area (Å²) in [6, 6.07) is 3.44. The second-order valence-electron chi connectivity index (χ2n) is 7.53. The number of carbonyl (C=O) groups excluding carboxylic acids is 1. The van der Waals surface area contributed by atoms with Gasteiger partial charge in [0.2, 0.25) is 5.91 Å². The molecule has 1 atom stereocenters. The quantitative estimate of drug-likeness (QED) is 0.742. The number of hydrogen-bond donors (Lipinski definition) is 0. The molecule has 3 nitrogen and oxygen atoms in total. The largest absolute Gasteiger partial charge is 0.419 e. The number of likely N-dealkylation sites (tertiary alicyclic amines) is 2. The van der Waals surface area contributed by atoms with Crippen LogP contribution < -0.4 is 0 Å². The van der Waals surface area contributed by atoms with Crippen molar-refractivity contribution in [2.75, 3.05) is 13.1 Å². The van der Waals surface area contributed by atoms with E-state index in [0.717, 1.165) is 18.9 Å². The van der Waals surface area contributed by atoms with Crippen molar-refractivity contribution in [3.05, 3.63) is 35.1 Å². The van der Waals surface area contributed by atoms with Crippen LogP contribution in [0.4, 0.5) is 17.6 Å². The first-order valence-corrected chi connectivity index (χ1v) is 9.07. The van der Waals surface area contributed by atoms with Gasteiger partial charge in [-0.25, -0.2) is 4.39 Å². The molecule has 2 saturated heterocycles. The van der Waals surface area contributed by atoms with Crippen molar-refractivity contribution < 1.29 is 22.4 Å². The average molecular weight is 372 g/mol. The molecule has 0 radical (unpaired) electrons. The first-order valence-electron chi connectivity index (χ1n) is 9.07. The van der Waals surface area contributed by atoms with Crippen LogP contribution in [0.5, 0.6) is 0 Å². The average Bonchev–Trinajstić information content (AvgIpc) is 2.94. The first-order chi connectivity index (χ1) is 12.2. The van der Waals surface area contributed by atoms with Crippen LogP contribution in [0.25, 0.3) is 0 Å². The second kappa shape index (κ2) is 6.83. The molecule has 1 unspecified atom stereocenters. The number of amides is 1. The monoisotopic (exact) mass is 372 g/mol. The lowest BCUT2D eigenvalue weighted by atomic mass is 9.84. The van der Waals surface area contributed by atoms with E-state index >= 15 is 0 Å². The second-order valence-corrected chi connectivity index (χ2v) is 7.53. The topological polar surface area (TPSA) is 23.6 Å². The molecule has 2 aliphatic heterocycles. The molecule has 3 rings (SSSR count). The van der Waals surface area contributed by atoms with Gasteiger partial charge in [0.25, 0.3) is 0 Å². The number of hydrogen-bond acceptors (Lipinski definition) is 2. The van der Waals surface area contributed by atoms with Crippen LogP contribution in [0.3, 0.4) is 0 Å². The number of carbonyl (C=O) groups is 1. The molecular weight excluding hydrogens is 348 g/mol. The Morgan fingerprint density at radius 3 is 2.42 bits per heavy atom. The van der Waals surface area contributed by atoms with E-state index < -0.39 is 23.1 Å². The number of rotatable bonds is 3. The van der Waals surface area contributed by atoms with Gasteiger partial charge in [-0.1, -0.05) is 12.1 Å². The van der Waals surface area contributed by atoms with Crippen LogP contribution in [-0.4, -0.2) is 40.4 Å². The van der Waals surface area contributed by atoms with E-state index in [9.17, 15) is 22.4 Å². The molecule has 0 saturated carbocycles. The summed E-state index contributed by atoms with van der Waals surface area (Å²) in [5.74, 6) is -1.20. The molecule has 0 N–H and O–H groups in total. The third-order valence-electron chi connectivity index (χ3n) is 5.64. The summed E-state index contributed by atoms with van der Waals surface area (Å²) in [6.45, 7) is 5.23. The number of benzene rings is 1. The number of nitrogens with zero attached hydrogens (tertiary/aromatic N) is 2. The Hall–Kier alpha value is -1.63. The molecule has 1 aromatic carbocycles. The molecule has 7 heteroatoms. The lowest BCUT2D eigenvalue weighted by Gasteiger charge is -2.46. The van der Waals surface area contributed by atoms with Crippen molar-refractivity contribution in [1.29, 1.82) is 0 Å². The van der Waals surface area contributed by atoms with E-state index in [-0.39, 0.29) is 24.1 Å². The maximum atomic E-state index is 14.4. The summed E-state index contributed by atoms with van der Waals surface area (Å²) < 4.78 is 53.4. The summed E-state index contributed by atoms with van der Waals surface area (Å²) in [7, 11) is 0.